The predicted molar refractivity (Wildman–Crippen MR) is 129 cm³/mol. The Balaban J connectivity index is 0.00000420. The average molecular weight is 514 g/mol. The van der Waals surface area contributed by atoms with Crippen LogP contribution in [0.1, 0.15) is 61.9 Å². The second-order valence-corrected chi connectivity index (χ2v) is 8.09. The third kappa shape index (κ3) is 7.62. The van der Waals surface area contributed by atoms with E-state index >= 15 is 0 Å². The maximum absolute atomic E-state index is 10.5. The molecule has 0 amide bonds. The monoisotopic (exact) mass is 514 g/mol. The summed E-state index contributed by atoms with van der Waals surface area (Å²) in [5.74, 6) is 1.55. The first-order chi connectivity index (χ1) is 13.2. The summed E-state index contributed by atoms with van der Waals surface area (Å²) in [4.78, 5) is 4.53. The van der Waals surface area contributed by atoms with Gasteiger partial charge in [-0.25, -0.2) is 0 Å². The number of aromatic nitrogens is 1. The molecule has 0 spiro atoms. The van der Waals surface area contributed by atoms with Crippen molar-refractivity contribution in [2.75, 3.05) is 19.6 Å². The van der Waals surface area contributed by atoms with Crippen LogP contribution in [-0.2, 0) is 11.8 Å². The molecule has 1 aromatic heterocycles. The van der Waals surface area contributed by atoms with Gasteiger partial charge in [-0.2, -0.15) is 0 Å². The van der Waals surface area contributed by atoms with Gasteiger partial charge in [0.15, 0.2) is 5.96 Å². The second kappa shape index (κ2) is 11.5. The molecule has 0 bridgehead atoms. The number of aliphatic imine (C=N–C) groups is 1. The first-order valence-electron chi connectivity index (χ1n) is 9.94. The number of nitrogens with zero attached hydrogens (tertiary/aromatic N) is 2. The molecule has 2 aromatic rings. The minimum absolute atomic E-state index is 0. The molecule has 7 heteroatoms. The highest BCUT2D eigenvalue weighted by Crippen LogP contribution is 2.24. The standard InChI is InChI=1S/C22H34N4O2.HI/c1-7-23-21(24-13-12-19-15(2)26-28-16(19)3)25-14-20(27)17-8-10-18(11-9-17)22(4,5)6;/h8-11,20,27H,7,12-14H2,1-6H3,(H2,23,24,25);1H. The number of nitrogens with one attached hydrogen (secondary N) is 2. The quantitative estimate of drug-likeness (QED) is 0.295. The summed E-state index contributed by atoms with van der Waals surface area (Å²) in [7, 11) is 0. The number of benzene rings is 1. The van der Waals surface area contributed by atoms with Crippen LogP contribution >= 0.6 is 24.0 Å². The number of aryl methyl sites for hydroxylation is 2. The Hall–Kier alpha value is -1.61. The topological polar surface area (TPSA) is 82.7 Å². The van der Waals surface area contributed by atoms with Crippen LogP contribution in [0, 0.1) is 13.8 Å². The highest BCUT2D eigenvalue weighted by atomic mass is 127. The summed E-state index contributed by atoms with van der Waals surface area (Å²) in [6.45, 7) is 14.2. The summed E-state index contributed by atoms with van der Waals surface area (Å²) in [5, 5.41) is 21.0. The predicted octanol–water partition coefficient (Wildman–Crippen LogP) is 4.04. The van der Waals surface area contributed by atoms with Crippen LogP contribution in [0.25, 0.3) is 0 Å². The van der Waals surface area contributed by atoms with Gasteiger partial charge in [-0.05, 0) is 43.7 Å². The second-order valence-electron chi connectivity index (χ2n) is 8.09. The number of halogens is 1. The molecule has 0 aliphatic rings. The van der Waals surface area contributed by atoms with Crippen molar-refractivity contribution in [1.82, 2.24) is 15.8 Å². The van der Waals surface area contributed by atoms with Gasteiger partial charge in [0.2, 0.25) is 0 Å². The summed E-state index contributed by atoms with van der Waals surface area (Å²) in [5.41, 5.74) is 4.28. The number of hydrogen-bond acceptors (Lipinski definition) is 4. The molecule has 0 radical (unpaired) electrons. The number of hydrogen-bond donors (Lipinski definition) is 3. The van der Waals surface area contributed by atoms with Crippen molar-refractivity contribution < 1.29 is 9.63 Å². The zero-order valence-corrected chi connectivity index (χ0v) is 20.7. The zero-order chi connectivity index (χ0) is 20.7. The highest BCUT2D eigenvalue weighted by Gasteiger charge is 2.15. The number of guanidine groups is 1. The van der Waals surface area contributed by atoms with E-state index in [1.54, 1.807) is 0 Å². The van der Waals surface area contributed by atoms with Gasteiger partial charge in [-0.3, -0.25) is 4.99 Å². The number of aliphatic hydroxyl groups excluding tert-OH is 1. The lowest BCUT2D eigenvalue weighted by Crippen LogP contribution is -2.38. The van der Waals surface area contributed by atoms with Crippen molar-refractivity contribution in [2.24, 2.45) is 4.99 Å². The molecule has 0 saturated heterocycles. The zero-order valence-electron chi connectivity index (χ0n) is 18.4. The smallest absolute Gasteiger partial charge is 0.191 e. The van der Waals surface area contributed by atoms with Crippen LogP contribution in [0.4, 0.5) is 0 Å². The summed E-state index contributed by atoms with van der Waals surface area (Å²) < 4.78 is 5.20. The van der Waals surface area contributed by atoms with Crippen LogP contribution in [-0.4, -0.2) is 35.9 Å². The Kier molecular flexibility index (Phi) is 10.1. The summed E-state index contributed by atoms with van der Waals surface area (Å²) >= 11 is 0. The molecule has 0 fully saturated rings. The van der Waals surface area contributed by atoms with E-state index in [4.69, 9.17) is 4.52 Å². The van der Waals surface area contributed by atoms with Gasteiger partial charge in [0.25, 0.3) is 0 Å². The lowest BCUT2D eigenvalue weighted by molar-refractivity contribution is 0.187. The molecule has 29 heavy (non-hydrogen) atoms. The molecule has 1 heterocycles. The van der Waals surface area contributed by atoms with E-state index in [-0.39, 0.29) is 29.4 Å². The van der Waals surface area contributed by atoms with Gasteiger partial charge in [0.1, 0.15) is 5.76 Å². The Morgan fingerprint density at radius 3 is 2.34 bits per heavy atom. The summed E-state index contributed by atoms with van der Waals surface area (Å²) in [6.07, 6.45) is 0.176. The lowest BCUT2D eigenvalue weighted by atomic mass is 9.86. The minimum Gasteiger partial charge on any atom is -0.386 e. The van der Waals surface area contributed by atoms with Crippen molar-refractivity contribution in [2.45, 2.75) is 59.5 Å². The first-order valence-corrected chi connectivity index (χ1v) is 9.94. The Morgan fingerprint density at radius 2 is 1.83 bits per heavy atom. The molecular weight excluding hydrogens is 479 g/mol. The Labute approximate surface area is 191 Å². The van der Waals surface area contributed by atoms with Gasteiger partial charge in [0.05, 0.1) is 18.3 Å². The van der Waals surface area contributed by atoms with Gasteiger partial charge in [-0.15, -0.1) is 24.0 Å². The van der Waals surface area contributed by atoms with E-state index < -0.39 is 6.10 Å². The Morgan fingerprint density at radius 1 is 1.17 bits per heavy atom. The molecule has 1 unspecified atom stereocenters. The molecule has 0 saturated carbocycles. The fourth-order valence-corrected chi connectivity index (χ4v) is 2.99. The van der Waals surface area contributed by atoms with Crippen LogP contribution in [0.2, 0.25) is 0 Å². The third-order valence-electron chi connectivity index (χ3n) is 4.78. The maximum atomic E-state index is 10.5. The molecule has 162 valence electrons. The first kappa shape index (κ1) is 25.4. The molecule has 6 nitrogen and oxygen atoms in total. The summed E-state index contributed by atoms with van der Waals surface area (Å²) in [6, 6.07) is 8.13. The lowest BCUT2D eigenvalue weighted by Gasteiger charge is -2.20. The molecular formula is C22H35IN4O2. The Bertz CT molecular complexity index is 760. The molecule has 0 aliphatic carbocycles. The van der Waals surface area contributed by atoms with Gasteiger partial charge in [0, 0.05) is 18.7 Å². The fraction of sp³-hybridized carbons (Fsp3) is 0.545. The van der Waals surface area contributed by atoms with E-state index in [1.165, 1.54) is 5.56 Å². The van der Waals surface area contributed by atoms with Crippen molar-refractivity contribution in [3.05, 3.63) is 52.4 Å². The third-order valence-corrected chi connectivity index (χ3v) is 4.78. The SMILES string of the molecule is CCNC(=NCC(O)c1ccc(C(C)(C)C)cc1)NCCc1c(C)noc1C.I. The van der Waals surface area contributed by atoms with Crippen molar-refractivity contribution in [3.63, 3.8) is 0 Å². The van der Waals surface area contributed by atoms with Crippen LogP contribution in [0.3, 0.4) is 0 Å². The van der Waals surface area contributed by atoms with E-state index in [9.17, 15) is 5.11 Å². The maximum Gasteiger partial charge on any atom is 0.191 e. The van der Waals surface area contributed by atoms with Crippen LogP contribution in [0.5, 0.6) is 0 Å². The molecule has 1 aromatic carbocycles. The van der Waals surface area contributed by atoms with Crippen LogP contribution in [0.15, 0.2) is 33.8 Å². The molecule has 0 aliphatic heterocycles. The normalized spacial score (nSPS) is 13.0. The molecule has 2 rings (SSSR count). The van der Waals surface area contributed by atoms with Gasteiger partial charge < -0.3 is 20.3 Å². The minimum atomic E-state index is -0.632. The van der Waals surface area contributed by atoms with E-state index in [1.807, 2.05) is 32.9 Å². The van der Waals surface area contributed by atoms with E-state index in [0.717, 1.165) is 35.5 Å². The van der Waals surface area contributed by atoms with E-state index in [2.05, 4.69) is 53.7 Å². The fourth-order valence-electron chi connectivity index (χ4n) is 2.99. The number of rotatable bonds is 7. The van der Waals surface area contributed by atoms with Crippen molar-refractivity contribution >= 4 is 29.9 Å². The van der Waals surface area contributed by atoms with E-state index in [0.29, 0.717) is 19.0 Å². The average Bonchev–Trinajstić information content (AvgIpc) is 2.97. The van der Waals surface area contributed by atoms with Gasteiger partial charge >= 0.3 is 0 Å². The van der Waals surface area contributed by atoms with Crippen LogP contribution < -0.4 is 10.6 Å². The molecule has 1 atom stereocenters. The largest absolute Gasteiger partial charge is 0.386 e. The molecule has 3 N–H and O–H groups in total. The highest BCUT2D eigenvalue weighted by molar-refractivity contribution is 14.0. The number of aliphatic hydroxyl groups is 1. The van der Waals surface area contributed by atoms with Crippen molar-refractivity contribution in [1.29, 1.82) is 0 Å². The van der Waals surface area contributed by atoms with Gasteiger partial charge in [-0.1, -0.05) is 50.2 Å². The van der Waals surface area contributed by atoms with Crippen molar-refractivity contribution in [3.8, 4) is 0 Å².